The predicted octanol–water partition coefficient (Wildman–Crippen LogP) is 5.04. The maximum Gasteiger partial charge on any atom is 0.293 e. The predicted molar refractivity (Wildman–Crippen MR) is 98.7 cm³/mol. The highest BCUT2D eigenvalue weighted by molar-refractivity contribution is 8.18. The Morgan fingerprint density at radius 3 is 2.67 bits per heavy atom. The third-order valence-electron chi connectivity index (χ3n) is 4.08. The van der Waals surface area contributed by atoms with E-state index in [9.17, 15) is 14.7 Å². The van der Waals surface area contributed by atoms with E-state index in [4.69, 9.17) is 0 Å². The maximum atomic E-state index is 12.6. The topological polar surface area (TPSA) is 57.6 Å². The molecule has 5 heteroatoms. The zero-order valence-corrected chi connectivity index (χ0v) is 15.4. The molecule has 1 aromatic rings. The third kappa shape index (κ3) is 4.87. The number of rotatable bonds is 7. The number of hydrogen-bond acceptors (Lipinski definition) is 4. The Hall–Kier alpha value is -1.75. The van der Waals surface area contributed by atoms with Gasteiger partial charge in [-0.2, -0.15) is 0 Å². The van der Waals surface area contributed by atoms with Crippen LogP contribution in [0.15, 0.2) is 29.2 Å². The smallest absolute Gasteiger partial charge is 0.293 e. The van der Waals surface area contributed by atoms with Gasteiger partial charge in [0, 0.05) is 6.54 Å². The van der Waals surface area contributed by atoms with Crippen LogP contribution >= 0.6 is 11.8 Å². The summed E-state index contributed by atoms with van der Waals surface area (Å²) in [6, 6.07) is 6.65. The van der Waals surface area contributed by atoms with Crippen LogP contribution < -0.4 is 0 Å². The fourth-order valence-corrected chi connectivity index (χ4v) is 3.60. The Labute approximate surface area is 147 Å². The first kappa shape index (κ1) is 18.6. The Bertz CT molecular complexity index is 652. The van der Waals surface area contributed by atoms with Gasteiger partial charge in [0.1, 0.15) is 5.75 Å². The zero-order chi connectivity index (χ0) is 17.7. The lowest BCUT2D eigenvalue weighted by Gasteiger charge is -2.28. The van der Waals surface area contributed by atoms with Crippen molar-refractivity contribution in [2.24, 2.45) is 5.41 Å². The largest absolute Gasteiger partial charge is 0.508 e. The lowest BCUT2D eigenvalue weighted by molar-refractivity contribution is -0.123. The molecule has 0 spiro atoms. The molecule has 1 saturated heterocycles. The minimum Gasteiger partial charge on any atom is -0.508 e. The second-order valence-corrected chi connectivity index (χ2v) is 7.98. The van der Waals surface area contributed by atoms with Gasteiger partial charge in [-0.25, -0.2) is 0 Å². The van der Waals surface area contributed by atoms with Crippen LogP contribution in [-0.4, -0.2) is 27.7 Å². The molecule has 1 heterocycles. The van der Waals surface area contributed by atoms with E-state index >= 15 is 0 Å². The first-order chi connectivity index (χ1) is 11.3. The van der Waals surface area contributed by atoms with Crippen LogP contribution in [0, 0.1) is 5.41 Å². The molecular formula is C19H25NO3S. The molecule has 0 radical (unpaired) electrons. The molecule has 4 nitrogen and oxygen atoms in total. The quantitative estimate of drug-likeness (QED) is 0.555. The molecule has 1 aliphatic rings. The van der Waals surface area contributed by atoms with Crippen LogP contribution in [-0.2, 0) is 4.79 Å². The minimum atomic E-state index is -0.239. The van der Waals surface area contributed by atoms with Crippen molar-refractivity contribution in [3.63, 3.8) is 0 Å². The summed E-state index contributed by atoms with van der Waals surface area (Å²) < 4.78 is 0. The van der Waals surface area contributed by atoms with Crippen molar-refractivity contribution in [1.29, 1.82) is 0 Å². The molecule has 1 N–H and O–H groups in total. The summed E-state index contributed by atoms with van der Waals surface area (Å²) in [5, 5.41) is 9.30. The van der Waals surface area contributed by atoms with Gasteiger partial charge < -0.3 is 5.11 Å². The Kier molecular flexibility index (Phi) is 6.10. The molecule has 0 saturated carbocycles. The molecule has 0 atom stereocenters. The normalized spacial score (nSPS) is 17.1. The summed E-state index contributed by atoms with van der Waals surface area (Å²) in [4.78, 5) is 26.6. The van der Waals surface area contributed by atoms with Crippen molar-refractivity contribution in [2.75, 3.05) is 6.54 Å². The van der Waals surface area contributed by atoms with E-state index in [-0.39, 0.29) is 22.3 Å². The second kappa shape index (κ2) is 7.88. The number of amides is 2. The van der Waals surface area contributed by atoms with Crippen LogP contribution in [0.2, 0.25) is 0 Å². The first-order valence-electron chi connectivity index (χ1n) is 8.37. The molecule has 0 bridgehead atoms. The van der Waals surface area contributed by atoms with Crippen molar-refractivity contribution in [2.45, 2.75) is 46.5 Å². The Balaban J connectivity index is 2.08. The zero-order valence-electron chi connectivity index (χ0n) is 14.5. The molecule has 0 aliphatic carbocycles. The number of unbranched alkanes of at least 4 members (excludes halogenated alkanes) is 2. The third-order valence-corrected chi connectivity index (χ3v) is 4.99. The molecule has 130 valence electrons. The number of hydrogen-bond donors (Lipinski definition) is 1. The van der Waals surface area contributed by atoms with Crippen LogP contribution in [0.25, 0.3) is 6.08 Å². The van der Waals surface area contributed by atoms with Gasteiger partial charge in [-0.3, -0.25) is 14.5 Å². The van der Waals surface area contributed by atoms with E-state index in [1.165, 1.54) is 11.3 Å². The SMILES string of the molecule is CCCCCC(C)(C)CN1C(=O)S/C(=C\c2cccc(O)c2)C1=O. The molecule has 2 rings (SSSR count). The van der Waals surface area contributed by atoms with Gasteiger partial charge in [0.2, 0.25) is 0 Å². The number of phenolic OH excluding ortho intramolecular Hbond substituents is 1. The number of aromatic hydroxyl groups is 1. The van der Waals surface area contributed by atoms with Crippen LogP contribution in [0.1, 0.15) is 52.0 Å². The average Bonchev–Trinajstić information content (AvgIpc) is 2.75. The fourth-order valence-electron chi connectivity index (χ4n) is 2.76. The van der Waals surface area contributed by atoms with Gasteiger partial charge in [-0.1, -0.05) is 52.2 Å². The van der Waals surface area contributed by atoms with Gasteiger partial charge in [0.25, 0.3) is 11.1 Å². The van der Waals surface area contributed by atoms with E-state index in [2.05, 4.69) is 20.8 Å². The summed E-state index contributed by atoms with van der Waals surface area (Å²) in [6.07, 6.45) is 6.09. The number of benzene rings is 1. The van der Waals surface area contributed by atoms with E-state index in [0.717, 1.165) is 31.0 Å². The minimum absolute atomic E-state index is 0.0818. The molecule has 0 unspecified atom stereocenters. The van der Waals surface area contributed by atoms with Crippen LogP contribution in [0.4, 0.5) is 4.79 Å². The van der Waals surface area contributed by atoms with Crippen LogP contribution in [0.3, 0.4) is 0 Å². The van der Waals surface area contributed by atoms with Crippen molar-refractivity contribution in [3.8, 4) is 5.75 Å². The molecular weight excluding hydrogens is 322 g/mol. The maximum absolute atomic E-state index is 12.6. The average molecular weight is 347 g/mol. The molecule has 1 fully saturated rings. The van der Waals surface area contributed by atoms with Crippen molar-refractivity contribution in [1.82, 2.24) is 4.90 Å². The monoisotopic (exact) mass is 347 g/mol. The molecule has 24 heavy (non-hydrogen) atoms. The van der Waals surface area contributed by atoms with Crippen molar-refractivity contribution >= 4 is 29.0 Å². The van der Waals surface area contributed by atoms with Gasteiger partial charge in [-0.05, 0) is 47.4 Å². The van der Waals surface area contributed by atoms with Crippen LogP contribution in [0.5, 0.6) is 5.75 Å². The fraction of sp³-hybridized carbons (Fsp3) is 0.474. The molecule has 1 aliphatic heterocycles. The van der Waals surface area contributed by atoms with Gasteiger partial charge in [-0.15, -0.1) is 0 Å². The number of imide groups is 1. The highest BCUT2D eigenvalue weighted by atomic mass is 32.2. The summed E-state index contributed by atoms with van der Waals surface area (Å²) >= 11 is 0.968. The first-order valence-corrected chi connectivity index (χ1v) is 9.18. The van der Waals surface area contributed by atoms with E-state index in [1.807, 2.05) is 0 Å². The van der Waals surface area contributed by atoms with Gasteiger partial charge in [0.15, 0.2) is 0 Å². The number of phenols is 1. The highest BCUT2D eigenvalue weighted by Crippen LogP contribution is 2.36. The Morgan fingerprint density at radius 2 is 2.00 bits per heavy atom. The summed E-state index contributed by atoms with van der Waals surface area (Å²) in [6.45, 7) is 6.81. The van der Waals surface area contributed by atoms with E-state index in [0.29, 0.717) is 17.0 Å². The lowest BCUT2D eigenvalue weighted by atomic mass is 9.86. The van der Waals surface area contributed by atoms with E-state index < -0.39 is 0 Å². The summed E-state index contributed by atoms with van der Waals surface area (Å²) in [7, 11) is 0. The molecule has 1 aromatic carbocycles. The van der Waals surface area contributed by atoms with Crippen molar-refractivity contribution < 1.29 is 14.7 Å². The standard InChI is InChI=1S/C19H25NO3S/c1-4-5-6-10-19(2,3)13-20-17(22)16(24-18(20)23)12-14-8-7-9-15(21)11-14/h7-9,11-12,21H,4-6,10,13H2,1-3H3/b16-12-. The number of carbonyl (C=O) groups is 2. The molecule has 2 amide bonds. The highest BCUT2D eigenvalue weighted by Gasteiger charge is 2.38. The summed E-state index contributed by atoms with van der Waals surface area (Å²) in [5.74, 6) is -0.100. The molecule has 0 aromatic heterocycles. The lowest BCUT2D eigenvalue weighted by Crippen LogP contribution is -2.37. The number of nitrogens with zero attached hydrogens (tertiary/aromatic N) is 1. The van der Waals surface area contributed by atoms with Gasteiger partial charge >= 0.3 is 0 Å². The Morgan fingerprint density at radius 1 is 1.25 bits per heavy atom. The van der Waals surface area contributed by atoms with Crippen molar-refractivity contribution in [3.05, 3.63) is 34.7 Å². The second-order valence-electron chi connectivity index (χ2n) is 6.98. The number of thioether (sulfide) groups is 1. The van der Waals surface area contributed by atoms with E-state index in [1.54, 1.807) is 30.3 Å². The number of carbonyl (C=O) groups excluding carboxylic acids is 2. The summed E-state index contributed by atoms with van der Waals surface area (Å²) in [5.41, 5.74) is 0.629. The van der Waals surface area contributed by atoms with Gasteiger partial charge in [0.05, 0.1) is 4.91 Å².